The first-order chi connectivity index (χ1) is 8.43. The molecule has 0 saturated heterocycles. The predicted molar refractivity (Wildman–Crippen MR) is 60.9 cm³/mol. The number of nitrogens with zero attached hydrogens (tertiary/aromatic N) is 3. The van der Waals surface area contributed by atoms with E-state index in [1.165, 1.54) is 24.3 Å². The predicted octanol–water partition coefficient (Wildman–Crippen LogP) is 3.68. The van der Waals surface area contributed by atoms with E-state index >= 15 is 0 Å². The zero-order valence-electron chi connectivity index (χ0n) is 8.75. The number of hydrogen-bond acceptors (Lipinski definition) is 2. The van der Waals surface area contributed by atoms with E-state index in [1.807, 2.05) is 0 Å². The van der Waals surface area contributed by atoms with Crippen molar-refractivity contribution < 1.29 is 13.2 Å². The van der Waals surface area contributed by atoms with Crippen LogP contribution < -0.4 is 0 Å². The molecule has 1 aromatic heterocycles. The summed E-state index contributed by atoms with van der Waals surface area (Å²) < 4.78 is 39.2. The second kappa shape index (κ2) is 4.78. The Morgan fingerprint density at radius 2 is 1.72 bits per heavy atom. The molecular weight excluding hydrogens is 290 g/mol. The van der Waals surface area contributed by atoms with Gasteiger partial charge in [0.25, 0.3) is 0 Å². The lowest BCUT2D eigenvalue weighted by molar-refractivity contribution is -0.146. The first-order valence-corrected chi connectivity index (χ1v) is 5.68. The van der Waals surface area contributed by atoms with Crippen LogP contribution in [0, 0.1) is 0 Å². The van der Waals surface area contributed by atoms with Crippen molar-refractivity contribution >= 4 is 23.2 Å². The van der Waals surface area contributed by atoms with Crippen molar-refractivity contribution in [2.45, 2.75) is 12.1 Å². The summed E-state index contributed by atoms with van der Waals surface area (Å²) in [4.78, 5) is 0. The molecular formula is C10H6Cl2F3N3. The molecule has 0 saturated carbocycles. The van der Waals surface area contributed by atoms with E-state index in [2.05, 4.69) is 10.2 Å². The van der Waals surface area contributed by atoms with Crippen LogP contribution in [0.1, 0.15) is 11.6 Å². The van der Waals surface area contributed by atoms with Gasteiger partial charge >= 0.3 is 6.18 Å². The highest BCUT2D eigenvalue weighted by Crippen LogP contribution is 2.30. The lowest BCUT2D eigenvalue weighted by atomic mass is 10.3. The Morgan fingerprint density at radius 1 is 1.11 bits per heavy atom. The van der Waals surface area contributed by atoms with E-state index in [-0.39, 0.29) is 17.4 Å². The molecule has 0 radical (unpaired) electrons. The Morgan fingerprint density at radius 3 is 2.22 bits per heavy atom. The van der Waals surface area contributed by atoms with Crippen LogP contribution in [0.4, 0.5) is 13.2 Å². The van der Waals surface area contributed by atoms with Crippen LogP contribution in [-0.4, -0.2) is 14.8 Å². The zero-order chi connectivity index (χ0) is 13.3. The van der Waals surface area contributed by atoms with E-state index in [1.54, 1.807) is 0 Å². The highest BCUT2D eigenvalue weighted by molar-refractivity contribution is 6.30. The molecule has 0 spiro atoms. The minimum atomic E-state index is -4.60. The van der Waals surface area contributed by atoms with Gasteiger partial charge in [0.15, 0.2) is 5.82 Å². The van der Waals surface area contributed by atoms with Gasteiger partial charge in [-0.25, -0.2) is 0 Å². The van der Waals surface area contributed by atoms with Crippen LogP contribution in [0.25, 0.3) is 5.69 Å². The fourth-order valence-electron chi connectivity index (χ4n) is 1.45. The molecule has 1 heterocycles. The summed E-state index contributed by atoms with van der Waals surface area (Å²) in [5.74, 6) is -1.27. The van der Waals surface area contributed by atoms with Crippen molar-refractivity contribution in [1.82, 2.24) is 14.8 Å². The first-order valence-electron chi connectivity index (χ1n) is 4.77. The minimum absolute atomic E-state index is 0.0197. The lowest BCUT2D eigenvalue weighted by Crippen LogP contribution is -2.15. The third kappa shape index (κ3) is 2.44. The minimum Gasteiger partial charge on any atom is -0.274 e. The summed E-state index contributed by atoms with van der Waals surface area (Å²) >= 11 is 11.2. The molecule has 0 aliphatic heterocycles. The average Bonchev–Trinajstić information content (AvgIpc) is 2.73. The topological polar surface area (TPSA) is 30.7 Å². The summed E-state index contributed by atoms with van der Waals surface area (Å²) in [6, 6.07) is 5.85. The maximum absolute atomic E-state index is 12.8. The van der Waals surface area contributed by atoms with Crippen molar-refractivity contribution in [2.24, 2.45) is 0 Å². The molecule has 96 valence electrons. The maximum atomic E-state index is 12.8. The van der Waals surface area contributed by atoms with E-state index in [0.29, 0.717) is 5.02 Å². The largest absolute Gasteiger partial charge is 0.452 e. The van der Waals surface area contributed by atoms with Crippen LogP contribution in [-0.2, 0) is 12.1 Å². The molecule has 8 heteroatoms. The third-order valence-electron chi connectivity index (χ3n) is 2.19. The molecule has 0 aliphatic rings. The Balaban J connectivity index is 2.61. The van der Waals surface area contributed by atoms with Crippen LogP contribution in [0.5, 0.6) is 0 Å². The highest BCUT2D eigenvalue weighted by atomic mass is 35.5. The smallest absolute Gasteiger partial charge is 0.274 e. The molecule has 0 bridgehead atoms. The fraction of sp³-hybridized carbons (Fsp3) is 0.200. The van der Waals surface area contributed by atoms with Crippen molar-refractivity contribution in [3.63, 3.8) is 0 Å². The second-order valence-corrected chi connectivity index (χ2v) is 4.09. The van der Waals surface area contributed by atoms with Gasteiger partial charge < -0.3 is 0 Å². The molecule has 1 aromatic carbocycles. The van der Waals surface area contributed by atoms with Gasteiger partial charge in [0.2, 0.25) is 5.82 Å². The monoisotopic (exact) mass is 295 g/mol. The Labute approximate surface area is 110 Å². The van der Waals surface area contributed by atoms with Gasteiger partial charge in [0.05, 0.1) is 5.88 Å². The van der Waals surface area contributed by atoms with Gasteiger partial charge in [0, 0.05) is 10.7 Å². The van der Waals surface area contributed by atoms with Crippen molar-refractivity contribution in [2.75, 3.05) is 0 Å². The second-order valence-electron chi connectivity index (χ2n) is 3.38. The lowest BCUT2D eigenvalue weighted by Gasteiger charge is -2.11. The summed E-state index contributed by atoms with van der Waals surface area (Å²) in [6.07, 6.45) is -4.60. The standard InChI is InChI=1S/C10H6Cl2F3N3/c11-5-8-16-17-9(10(13,14)15)18(8)7-3-1-6(12)2-4-7/h1-4H,5H2. The summed E-state index contributed by atoms with van der Waals surface area (Å²) in [6.45, 7) is 0. The van der Waals surface area contributed by atoms with Crippen LogP contribution >= 0.6 is 23.2 Å². The van der Waals surface area contributed by atoms with Gasteiger partial charge in [-0.1, -0.05) is 11.6 Å². The Bertz CT molecular complexity index is 548. The molecule has 3 nitrogen and oxygen atoms in total. The molecule has 0 aliphatic carbocycles. The normalized spacial score (nSPS) is 11.8. The molecule has 0 unspecified atom stereocenters. The molecule has 18 heavy (non-hydrogen) atoms. The molecule has 0 fully saturated rings. The Hall–Kier alpha value is -1.27. The van der Waals surface area contributed by atoms with Gasteiger partial charge in [-0.3, -0.25) is 4.57 Å². The van der Waals surface area contributed by atoms with Gasteiger partial charge in [0.1, 0.15) is 0 Å². The van der Waals surface area contributed by atoms with Crippen LogP contribution in [0.15, 0.2) is 24.3 Å². The number of aromatic nitrogens is 3. The van der Waals surface area contributed by atoms with Crippen molar-refractivity contribution in [3.8, 4) is 5.69 Å². The van der Waals surface area contributed by atoms with Crippen molar-refractivity contribution in [1.29, 1.82) is 0 Å². The molecule has 0 atom stereocenters. The average molecular weight is 296 g/mol. The van der Waals surface area contributed by atoms with E-state index in [9.17, 15) is 13.2 Å². The quantitative estimate of drug-likeness (QED) is 0.791. The number of halogens is 5. The van der Waals surface area contributed by atoms with Crippen molar-refractivity contribution in [3.05, 3.63) is 40.9 Å². The van der Waals surface area contributed by atoms with Gasteiger partial charge in [-0.05, 0) is 24.3 Å². The fourth-order valence-corrected chi connectivity index (χ4v) is 1.75. The molecule has 2 aromatic rings. The Kier molecular flexibility index (Phi) is 3.49. The number of rotatable bonds is 2. The highest BCUT2D eigenvalue weighted by Gasteiger charge is 2.38. The van der Waals surface area contributed by atoms with Crippen LogP contribution in [0.2, 0.25) is 5.02 Å². The van der Waals surface area contributed by atoms with Gasteiger partial charge in [-0.2, -0.15) is 13.2 Å². The summed E-state index contributed by atoms with van der Waals surface area (Å²) in [5, 5.41) is 6.98. The molecule has 0 amide bonds. The number of alkyl halides is 4. The summed E-state index contributed by atoms with van der Waals surface area (Å²) in [5.41, 5.74) is 0.257. The maximum Gasteiger partial charge on any atom is 0.452 e. The summed E-state index contributed by atoms with van der Waals surface area (Å²) in [7, 11) is 0. The first kappa shape index (κ1) is 13.2. The van der Waals surface area contributed by atoms with Crippen LogP contribution in [0.3, 0.4) is 0 Å². The third-order valence-corrected chi connectivity index (χ3v) is 2.68. The zero-order valence-corrected chi connectivity index (χ0v) is 10.3. The number of hydrogen-bond donors (Lipinski definition) is 0. The van der Waals surface area contributed by atoms with Gasteiger partial charge in [-0.15, -0.1) is 21.8 Å². The van der Waals surface area contributed by atoms with E-state index in [4.69, 9.17) is 23.2 Å². The molecule has 0 N–H and O–H groups in total. The van der Waals surface area contributed by atoms with E-state index in [0.717, 1.165) is 4.57 Å². The SMILES string of the molecule is FC(F)(F)c1nnc(CCl)n1-c1ccc(Cl)cc1. The number of benzene rings is 1. The molecule has 2 rings (SSSR count). The van der Waals surface area contributed by atoms with E-state index < -0.39 is 12.0 Å².